The number of aromatic nitrogens is 2. The summed E-state index contributed by atoms with van der Waals surface area (Å²) >= 11 is 3.44. The van der Waals surface area contributed by atoms with Crippen molar-refractivity contribution in [3.63, 3.8) is 0 Å². The van der Waals surface area contributed by atoms with Crippen LogP contribution in [0, 0.1) is 0 Å². The van der Waals surface area contributed by atoms with Crippen LogP contribution in [0.2, 0.25) is 0 Å². The van der Waals surface area contributed by atoms with E-state index in [0.29, 0.717) is 19.0 Å². The molecule has 1 atom stereocenters. The number of ether oxygens (including phenoxy) is 1. The fourth-order valence-electron chi connectivity index (χ4n) is 3.03. The standard InChI is InChI=1S/C18H22BrN5O2/c1-26-16-6-5-14(19)10-13(16)11-22-18(25)23-15-4-2-9-24(12-15)17-20-7-3-8-21-17/h3,5-8,10,15H,2,4,9,11-12H2,1H3,(H2,22,23,25). The smallest absolute Gasteiger partial charge is 0.315 e. The number of hydrogen-bond donors (Lipinski definition) is 2. The summed E-state index contributed by atoms with van der Waals surface area (Å²) in [5.74, 6) is 1.46. The number of carbonyl (C=O) groups excluding carboxylic acids is 1. The lowest BCUT2D eigenvalue weighted by Gasteiger charge is -2.33. The summed E-state index contributed by atoms with van der Waals surface area (Å²) in [5.41, 5.74) is 0.917. The van der Waals surface area contributed by atoms with E-state index in [-0.39, 0.29) is 12.1 Å². The number of nitrogens with zero attached hydrogens (tertiary/aromatic N) is 3. The SMILES string of the molecule is COc1ccc(Br)cc1CNC(=O)NC1CCCN(c2ncccn2)C1. The molecule has 0 spiro atoms. The molecule has 0 bridgehead atoms. The molecule has 26 heavy (non-hydrogen) atoms. The van der Waals surface area contributed by atoms with E-state index < -0.39 is 0 Å². The molecule has 1 aliphatic heterocycles. The normalized spacial score (nSPS) is 16.8. The van der Waals surface area contributed by atoms with Crippen LogP contribution < -0.4 is 20.3 Å². The van der Waals surface area contributed by atoms with Crippen molar-refractivity contribution in [3.8, 4) is 5.75 Å². The Morgan fingerprint density at radius 2 is 2.19 bits per heavy atom. The fourth-order valence-corrected chi connectivity index (χ4v) is 3.44. The van der Waals surface area contributed by atoms with Gasteiger partial charge in [-0.15, -0.1) is 0 Å². The molecule has 3 rings (SSSR count). The molecule has 1 unspecified atom stereocenters. The Balaban J connectivity index is 1.52. The number of amides is 2. The Morgan fingerprint density at radius 1 is 1.38 bits per heavy atom. The number of piperidine rings is 1. The summed E-state index contributed by atoms with van der Waals surface area (Å²) in [7, 11) is 1.62. The van der Waals surface area contributed by atoms with Gasteiger partial charge in [0.2, 0.25) is 5.95 Å². The number of urea groups is 1. The van der Waals surface area contributed by atoms with Crippen molar-refractivity contribution < 1.29 is 9.53 Å². The average Bonchev–Trinajstić information content (AvgIpc) is 2.67. The van der Waals surface area contributed by atoms with Gasteiger partial charge >= 0.3 is 6.03 Å². The van der Waals surface area contributed by atoms with Gasteiger partial charge in [-0.2, -0.15) is 0 Å². The van der Waals surface area contributed by atoms with E-state index in [9.17, 15) is 4.79 Å². The van der Waals surface area contributed by atoms with E-state index in [1.165, 1.54) is 0 Å². The zero-order chi connectivity index (χ0) is 18.4. The summed E-state index contributed by atoms with van der Waals surface area (Å²) < 4.78 is 6.28. The van der Waals surface area contributed by atoms with Crippen LogP contribution in [0.15, 0.2) is 41.1 Å². The lowest BCUT2D eigenvalue weighted by molar-refractivity contribution is 0.234. The monoisotopic (exact) mass is 419 g/mol. The number of hydrogen-bond acceptors (Lipinski definition) is 5. The summed E-state index contributed by atoms with van der Waals surface area (Å²) in [6.45, 7) is 2.00. The van der Waals surface area contributed by atoms with Gasteiger partial charge in [0.15, 0.2) is 0 Å². The number of carbonyl (C=O) groups is 1. The highest BCUT2D eigenvalue weighted by Gasteiger charge is 2.22. The molecule has 0 aliphatic carbocycles. The lowest BCUT2D eigenvalue weighted by Crippen LogP contribution is -2.50. The number of halogens is 1. The first-order valence-corrected chi connectivity index (χ1v) is 9.34. The Labute approximate surface area is 161 Å². The van der Waals surface area contributed by atoms with Gasteiger partial charge in [-0.1, -0.05) is 15.9 Å². The molecule has 8 heteroatoms. The first kappa shape index (κ1) is 18.4. The largest absolute Gasteiger partial charge is 0.496 e. The van der Waals surface area contributed by atoms with Crippen LogP contribution in [0.1, 0.15) is 18.4 Å². The summed E-state index contributed by atoms with van der Waals surface area (Å²) in [5, 5.41) is 5.94. The second-order valence-electron chi connectivity index (χ2n) is 6.12. The minimum atomic E-state index is -0.187. The maximum atomic E-state index is 12.3. The number of nitrogens with one attached hydrogen (secondary N) is 2. The van der Waals surface area contributed by atoms with Gasteiger partial charge in [-0.05, 0) is 37.1 Å². The van der Waals surface area contributed by atoms with Gasteiger partial charge in [-0.3, -0.25) is 0 Å². The van der Waals surface area contributed by atoms with Crippen LogP contribution in [0.5, 0.6) is 5.75 Å². The molecule has 1 aromatic heterocycles. The third kappa shape index (κ3) is 4.85. The molecule has 138 valence electrons. The van der Waals surface area contributed by atoms with Crippen LogP contribution in [-0.4, -0.2) is 42.2 Å². The fraction of sp³-hybridized carbons (Fsp3) is 0.389. The lowest BCUT2D eigenvalue weighted by atomic mass is 10.1. The molecule has 7 nitrogen and oxygen atoms in total. The van der Waals surface area contributed by atoms with Gasteiger partial charge in [0.25, 0.3) is 0 Å². The average molecular weight is 420 g/mol. The molecular weight excluding hydrogens is 398 g/mol. The minimum Gasteiger partial charge on any atom is -0.496 e. The molecule has 2 aromatic rings. The van der Waals surface area contributed by atoms with E-state index in [1.807, 2.05) is 18.2 Å². The van der Waals surface area contributed by atoms with Crippen molar-refractivity contribution in [1.29, 1.82) is 0 Å². The number of methoxy groups -OCH3 is 1. The van der Waals surface area contributed by atoms with Gasteiger partial charge in [-0.25, -0.2) is 14.8 Å². The van der Waals surface area contributed by atoms with Crippen molar-refractivity contribution in [3.05, 3.63) is 46.7 Å². The predicted octanol–water partition coefficient (Wildman–Crippen LogP) is 2.72. The van der Waals surface area contributed by atoms with Crippen LogP contribution >= 0.6 is 15.9 Å². The Bertz CT molecular complexity index is 744. The molecule has 2 N–H and O–H groups in total. The Hall–Kier alpha value is -2.35. The van der Waals surface area contributed by atoms with Gasteiger partial charge in [0.05, 0.1) is 7.11 Å². The third-order valence-electron chi connectivity index (χ3n) is 4.27. The first-order valence-electron chi connectivity index (χ1n) is 8.54. The molecule has 2 heterocycles. The molecule has 1 saturated heterocycles. The highest BCUT2D eigenvalue weighted by Crippen LogP contribution is 2.22. The molecular formula is C18H22BrN5O2. The zero-order valence-corrected chi connectivity index (χ0v) is 16.2. The summed E-state index contributed by atoms with van der Waals surface area (Å²) in [4.78, 5) is 23.0. The zero-order valence-electron chi connectivity index (χ0n) is 14.6. The molecule has 0 radical (unpaired) electrons. The topological polar surface area (TPSA) is 79.4 Å². The predicted molar refractivity (Wildman–Crippen MR) is 103 cm³/mol. The second kappa shape index (κ2) is 8.84. The summed E-state index contributed by atoms with van der Waals surface area (Å²) in [6, 6.07) is 7.40. The Morgan fingerprint density at radius 3 is 2.96 bits per heavy atom. The van der Waals surface area contributed by atoms with Crippen LogP contribution in [-0.2, 0) is 6.54 Å². The number of anilines is 1. The van der Waals surface area contributed by atoms with E-state index in [0.717, 1.165) is 35.2 Å². The van der Waals surface area contributed by atoms with Gasteiger partial charge in [0.1, 0.15) is 5.75 Å². The summed E-state index contributed by atoms with van der Waals surface area (Å²) in [6.07, 6.45) is 5.40. The van der Waals surface area contributed by atoms with Gasteiger partial charge in [0, 0.05) is 48.1 Å². The van der Waals surface area contributed by atoms with Crippen LogP contribution in [0.3, 0.4) is 0 Å². The van der Waals surface area contributed by atoms with E-state index >= 15 is 0 Å². The maximum absolute atomic E-state index is 12.3. The molecule has 1 fully saturated rings. The van der Waals surface area contributed by atoms with Crippen molar-refractivity contribution in [2.24, 2.45) is 0 Å². The maximum Gasteiger partial charge on any atom is 0.315 e. The molecule has 0 saturated carbocycles. The van der Waals surface area contributed by atoms with Crippen LogP contribution in [0.25, 0.3) is 0 Å². The van der Waals surface area contributed by atoms with Crippen molar-refractivity contribution in [2.75, 3.05) is 25.1 Å². The van der Waals surface area contributed by atoms with Crippen LogP contribution in [0.4, 0.5) is 10.7 Å². The molecule has 2 amide bonds. The quantitative estimate of drug-likeness (QED) is 0.778. The molecule has 1 aliphatic rings. The Kier molecular flexibility index (Phi) is 6.27. The highest BCUT2D eigenvalue weighted by molar-refractivity contribution is 9.10. The number of benzene rings is 1. The van der Waals surface area contributed by atoms with Crippen molar-refractivity contribution in [1.82, 2.24) is 20.6 Å². The van der Waals surface area contributed by atoms with Crippen molar-refractivity contribution in [2.45, 2.75) is 25.4 Å². The third-order valence-corrected chi connectivity index (χ3v) is 4.77. The molecule has 1 aromatic carbocycles. The highest BCUT2D eigenvalue weighted by atomic mass is 79.9. The minimum absolute atomic E-state index is 0.0666. The number of rotatable bonds is 5. The van der Waals surface area contributed by atoms with Crippen molar-refractivity contribution >= 4 is 27.9 Å². The van der Waals surface area contributed by atoms with E-state index in [1.54, 1.807) is 25.6 Å². The van der Waals surface area contributed by atoms with Gasteiger partial charge < -0.3 is 20.3 Å². The van der Waals surface area contributed by atoms with E-state index in [2.05, 4.69) is 41.4 Å². The van der Waals surface area contributed by atoms with E-state index in [4.69, 9.17) is 4.74 Å². The first-order chi connectivity index (χ1) is 12.7. The second-order valence-corrected chi connectivity index (χ2v) is 7.03.